The van der Waals surface area contributed by atoms with Gasteiger partial charge in [-0.3, -0.25) is 10.2 Å². The number of benzene rings is 1. The number of nitrogens with zero attached hydrogens (tertiary/aromatic N) is 3. The quantitative estimate of drug-likeness (QED) is 0.347. The summed E-state index contributed by atoms with van der Waals surface area (Å²) in [5.41, 5.74) is 3.42. The van der Waals surface area contributed by atoms with Crippen LogP contribution in [-0.2, 0) is 20.1 Å². The topological polar surface area (TPSA) is 70.2 Å². The number of pyridine rings is 1. The molecule has 28 heavy (non-hydrogen) atoms. The van der Waals surface area contributed by atoms with E-state index in [0.717, 1.165) is 11.3 Å². The first-order valence-electron chi connectivity index (χ1n) is 8.99. The molecule has 0 spiro atoms. The maximum absolute atomic E-state index is 4.42. The largest absolute Gasteiger partial charge is 0.305 e. The average Bonchev–Trinajstić information content (AvgIpc) is 3.47. The molecule has 0 bridgehead atoms. The van der Waals surface area contributed by atoms with Gasteiger partial charge in [0.15, 0.2) is 0 Å². The molecule has 1 radical (unpaired) electrons. The van der Waals surface area contributed by atoms with Gasteiger partial charge in [-0.15, -0.1) is 35.9 Å². The Bertz CT molecular complexity index is 770. The summed E-state index contributed by atoms with van der Waals surface area (Å²) in [6.45, 7) is 6.76. The fourth-order valence-electron chi connectivity index (χ4n) is 2.25. The third kappa shape index (κ3) is 8.42. The molecule has 1 atom stereocenters. The Kier molecular flexibility index (Phi) is 11.4. The van der Waals surface area contributed by atoms with Crippen LogP contribution in [-0.4, -0.2) is 25.4 Å². The number of aromatic nitrogens is 5. The minimum Gasteiger partial charge on any atom is -0.305 e. The molecular weight excluding hydrogens is 526 g/mol. The maximum atomic E-state index is 4.42. The Morgan fingerprint density at radius 3 is 1.96 bits per heavy atom. The summed E-state index contributed by atoms with van der Waals surface area (Å²) >= 11 is 0. The summed E-state index contributed by atoms with van der Waals surface area (Å²) in [4.78, 5) is 4.42. The Morgan fingerprint density at radius 2 is 1.54 bits per heavy atom. The SMILES string of the molecule is CC(C)C(C)c1ccnc(-c2[c-]cccc2)c1.[Ir].c1cn[nH]c1.c1cn[nH]c1. The van der Waals surface area contributed by atoms with Crippen molar-refractivity contribution in [3.8, 4) is 11.3 Å². The van der Waals surface area contributed by atoms with Crippen LogP contribution in [0.3, 0.4) is 0 Å². The van der Waals surface area contributed by atoms with Crippen LogP contribution >= 0.6 is 0 Å². The van der Waals surface area contributed by atoms with Gasteiger partial charge < -0.3 is 4.98 Å². The minimum absolute atomic E-state index is 0. The molecule has 149 valence electrons. The van der Waals surface area contributed by atoms with Crippen LogP contribution in [0.2, 0.25) is 0 Å². The molecule has 0 aliphatic rings. The van der Waals surface area contributed by atoms with Crippen molar-refractivity contribution >= 4 is 0 Å². The van der Waals surface area contributed by atoms with Crippen LogP contribution in [0.5, 0.6) is 0 Å². The minimum atomic E-state index is 0. The van der Waals surface area contributed by atoms with Crippen molar-refractivity contribution in [3.05, 3.63) is 91.1 Å². The molecule has 0 aliphatic heterocycles. The normalized spacial score (nSPS) is 10.6. The van der Waals surface area contributed by atoms with E-state index in [4.69, 9.17) is 0 Å². The van der Waals surface area contributed by atoms with Crippen LogP contribution in [0.25, 0.3) is 11.3 Å². The van der Waals surface area contributed by atoms with E-state index in [-0.39, 0.29) is 20.1 Å². The Hall–Kier alpha value is -2.56. The molecule has 4 aromatic rings. The number of aromatic amines is 2. The van der Waals surface area contributed by atoms with E-state index in [2.05, 4.69) is 64.3 Å². The van der Waals surface area contributed by atoms with E-state index in [0.29, 0.717) is 11.8 Å². The predicted octanol–water partition coefficient (Wildman–Crippen LogP) is 5.13. The maximum Gasteiger partial charge on any atom is 0.0487 e. The van der Waals surface area contributed by atoms with E-state index in [1.54, 1.807) is 24.8 Å². The molecule has 1 unspecified atom stereocenters. The van der Waals surface area contributed by atoms with Crippen molar-refractivity contribution in [2.75, 3.05) is 0 Å². The second-order valence-corrected chi connectivity index (χ2v) is 6.32. The molecule has 3 heterocycles. The average molecular weight is 553 g/mol. The zero-order valence-electron chi connectivity index (χ0n) is 16.3. The van der Waals surface area contributed by atoms with Crippen LogP contribution < -0.4 is 0 Å². The first-order valence-corrected chi connectivity index (χ1v) is 8.99. The van der Waals surface area contributed by atoms with Gasteiger partial charge in [-0.25, -0.2) is 0 Å². The molecule has 6 heteroatoms. The van der Waals surface area contributed by atoms with Crippen molar-refractivity contribution in [2.24, 2.45) is 5.92 Å². The van der Waals surface area contributed by atoms with E-state index in [1.165, 1.54) is 5.56 Å². The molecule has 5 nitrogen and oxygen atoms in total. The van der Waals surface area contributed by atoms with Crippen LogP contribution in [0.1, 0.15) is 32.3 Å². The van der Waals surface area contributed by atoms with Crippen molar-refractivity contribution < 1.29 is 20.1 Å². The second kappa shape index (κ2) is 13.6. The Morgan fingerprint density at radius 1 is 0.857 bits per heavy atom. The molecular formula is C22H26IrN5-. The molecule has 1 aromatic carbocycles. The summed E-state index contributed by atoms with van der Waals surface area (Å²) < 4.78 is 0. The van der Waals surface area contributed by atoms with Gasteiger partial charge in [-0.05, 0) is 35.7 Å². The van der Waals surface area contributed by atoms with Gasteiger partial charge in [0.2, 0.25) is 0 Å². The van der Waals surface area contributed by atoms with Crippen molar-refractivity contribution in [3.63, 3.8) is 0 Å². The zero-order chi connectivity index (χ0) is 19.3. The molecule has 4 rings (SSSR count). The summed E-state index contributed by atoms with van der Waals surface area (Å²) in [7, 11) is 0. The van der Waals surface area contributed by atoms with Crippen molar-refractivity contribution in [2.45, 2.75) is 26.7 Å². The van der Waals surface area contributed by atoms with E-state index in [9.17, 15) is 0 Å². The van der Waals surface area contributed by atoms with Crippen LogP contribution in [0.4, 0.5) is 0 Å². The second-order valence-electron chi connectivity index (χ2n) is 6.32. The fraction of sp³-hybridized carbons (Fsp3) is 0.227. The summed E-state index contributed by atoms with van der Waals surface area (Å²) in [5.74, 6) is 1.20. The van der Waals surface area contributed by atoms with Crippen molar-refractivity contribution in [1.29, 1.82) is 0 Å². The number of hydrogen-bond donors (Lipinski definition) is 2. The first kappa shape index (κ1) is 23.5. The van der Waals surface area contributed by atoms with Gasteiger partial charge in [0.1, 0.15) is 0 Å². The van der Waals surface area contributed by atoms with Gasteiger partial charge >= 0.3 is 0 Å². The molecule has 0 aliphatic carbocycles. The van der Waals surface area contributed by atoms with Gasteiger partial charge in [0.25, 0.3) is 0 Å². The summed E-state index contributed by atoms with van der Waals surface area (Å²) in [5, 5.41) is 12.4. The number of hydrogen-bond acceptors (Lipinski definition) is 3. The Balaban J connectivity index is 0.000000290. The van der Waals surface area contributed by atoms with Crippen molar-refractivity contribution in [1.82, 2.24) is 25.4 Å². The standard InChI is InChI=1S/C16H18N.2C3H4N2.Ir/c1-12(2)13(3)15-9-10-17-16(11-15)14-7-5-4-6-8-14;2*1-2-4-5-3-1;/h4-7,9-13H,1-3H3;2*1-3H,(H,4,5);/q-1;;;. The zero-order valence-corrected chi connectivity index (χ0v) is 18.7. The summed E-state index contributed by atoms with van der Waals surface area (Å²) in [6.07, 6.45) is 8.81. The van der Waals surface area contributed by atoms with Gasteiger partial charge in [0, 0.05) is 51.1 Å². The van der Waals surface area contributed by atoms with E-state index >= 15 is 0 Å². The third-order valence-corrected chi connectivity index (χ3v) is 4.11. The predicted molar refractivity (Wildman–Crippen MR) is 109 cm³/mol. The van der Waals surface area contributed by atoms with Gasteiger partial charge in [-0.2, -0.15) is 10.2 Å². The van der Waals surface area contributed by atoms with E-state index in [1.807, 2.05) is 42.6 Å². The van der Waals surface area contributed by atoms with Gasteiger partial charge in [0.05, 0.1) is 0 Å². The molecule has 0 saturated carbocycles. The molecule has 0 saturated heterocycles. The summed E-state index contributed by atoms with van der Waals surface area (Å²) in [6, 6.07) is 19.1. The monoisotopic (exact) mass is 553 g/mol. The van der Waals surface area contributed by atoms with Crippen LogP contribution in [0, 0.1) is 12.0 Å². The number of nitrogens with one attached hydrogen (secondary N) is 2. The third-order valence-electron chi connectivity index (χ3n) is 4.11. The molecule has 0 amide bonds. The van der Waals surface area contributed by atoms with Gasteiger partial charge in [-0.1, -0.05) is 32.4 Å². The molecule has 0 fully saturated rings. The molecule has 2 N–H and O–H groups in total. The van der Waals surface area contributed by atoms with Crippen LogP contribution in [0.15, 0.2) is 79.5 Å². The first-order chi connectivity index (χ1) is 13.2. The number of rotatable bonds is 3. The number of H-pyrrole nitrogens is 2. The Labute approximate surface area is 180 Å². The molecule has 3 aromatic heterocycles. The smallest absolute Gasteiger partial charge is 0.0487 e. The fourth-order valence-corrected chi connectivity index (χ4v) is 2.25. The van der Waals surface area contributed by atoms with E-state index < -0.39 is 0 Å².